The largest absolute Gasteiger partial charge is 0.367 e. The standard InChI is InChI=1S/C20H33ClN6.HI/c1-17(25-10-8-24(3)9-11-25)16-23-20(22-2)27-14-12-26(13-15-27)19-7-5-4-6-18(19)21;/h4-7,17H,8-16H2,1-3H3,(H,22,23);1H. The quantitative estimate of drug-likeness (QED) is 0.375. The molecule has 158 valence electrons. The van der Waals surface area contributed by atoms with E-state index in [0.29, 0.717) is 6.04 Å². The molecule has 2 aliphatic rings. The summed E-state index contributed by atoms with van der Waals surface area (Å²) in [5, 5.41) is 4.42. The summed E-state index contributed by atoms with van der Waals surface area (Å²) in [7, 11) is 4.08. The molecule has 3 rings (SSSR count). The van der Waals surface area contributed by atoms with Crippen LogP contribution < -0.4 is 10.2 Å². The molecule has 6 nitrogen and oxygen atoms in total. The topological polar surface area (TPSA) is 37.4 Å². The Kier molecular flexibility index (Phi) is 9.59. The number of nitrogens with one attached hydrogen (secondary N) is 1. The molecule has 0 radical (unpaired) electrons. The fourth-order valence-corrected chi connectivity index (χ4v) is 4.09. The zero-order chi connectivity index (χ0) is 19.2. The molecule has 8 heteroatoms. The van der Waals surface area contributed by atoms with Crippen LogP contribution in [0.1, 0.15) is 6.92 Å². The summed E-state index contributed by atoms with van der Waals surface area (Å²) in [6.07, 6.45) is 0. The molecular formula is C20H34ClIN6. The van der Waals surface area contributed by atoms with Gasteiger partial charge in [0.15, 0.2) is 5.96 Å². The zero-order valence-electron chi connectivity index (χ0n) is 17.3. The summed E-state index contributed by atoms with van der Waals surface area (Å²) >= 11 is 6.35. The lowest BCUT2D eigenvalue weighted by Crippen LogP contribution is -2.55. The Morgan fingerprint density at radius 3 is 2.32 bits per heavy atom. The maximum absolute atomic E-state index is 6.35. The third-order valence-corrected chi connectivity index (χ3v) is 6.02. The van der Waals surface area contributed by atoms with Crippen LogP contribution in [0.3, 0.4) is 0 Å². The van der Waals surface area contributed by atoms with Gasteiger partial charge in [0.25, 0.3) is 0 Å². The first-order valence-electron chi connectivity index (χ1n) is 9.96. The van der Waals surface area contributed by atoms with Gasteiger partial charge in [0.2, 0.25) is 0 Å². The molecule has 1 N–H and O–H groups in total. The Bertz CT molecular complexity index is 627. The van der Waals surface area contributed by atoms with Gasteiger partial charge in [-0.3, -0.25) is 9.89 Å². The van der Waals surface area contributed by atoms with Crippen molar-refractivity contribution in [3.63, 3.8) is 0 Å². The summed E-state index contributed by atoms with van der Waals surface area (Å²) in [5.74, 6) is 1.01. The van der Waals surface area contributed by atoms with Crippen molar-refractivity contribution < 1.29 is 0 Å². The van der Waals surface area contributed by atoms with Crippen LogP contribution in [-0.4, -0.2) is 99.7 Å². The van der Waals surface area contributed by atoms with E-state index < -0.39 is 0 Å². The van der Waals surface area contributed by atoms with Gasteiger partial charge < -0.3 is 20.0 Å². The number of rotatable bonds is 4. The molecule has 2 saturated heterocycles. The van der Waals surface area contributed by atoms with Crippen LogP contribution in [0.2, 0.25) is 5.02 Å². The first-order valence-corrected chi connectivity index (χ1v) is 10.3. The van der Waals surface area contributed by atoms with Crippen molar-refractivity contribution in [3.05, 3.63) is 29.3 Å². The molecule has 0 aromatic heterocycles. The number of aliphatic imine (C=N–C) groups is 1. The highest BCUT2D eigenvalue weighted by molar-refractivity contribution is 14.0. The maximum atomic E-state index is 6.35. The number of hydrogen-bond acceptors (Lipinski definition) is 4. The lowest BCUT2D eigenvalue weighted by Gasteiger charge is -2.39. The minimum absolute atomic E-state index is 0. The van der Waals surface area contributed by atoms with Crippen molar-refractivity contribution in [2.45, 2.75) is 13.0 Å². The van der Waals surface area contributed by atoms with Crippen molar-refractivity contribution >= 4 is 47.2 Å². The molecule has 1 unspecified atom stereocenters. The van der Waals surface area contributed by atoms with E-state index in [1.165, 1.54) is 0 Å². The number of likely N-dealkylation sites (N-methyl/N-ethyl adjacent to an activating group) is 1. The normalized spacial score (nSPS) is 20.6. The average molecular weight is 521 g/mol. The van der Waals surface area contributed by atoms with Crippen LogP contribution in [0.15, 0.2) is 29.3 Å². The van der Waals surface area contributed by atoms with Crippen molar-refractivity contribution in [2.24, 2.45) is 4.99 Å². The summed E-state index contributed by atoms with van der Waals surface area (Å²) < 4.78 is 0. The van der Waals surface area contributed by atoms with Gasteiger partial charge in [-0.15, -0.1) is 24.0 Å². The third kappa shape index (κ3) is 6.11. The van der Waals surface area contributed by atoms with Crippen molar-refractivity contribution in [2.75, 3.05) is 77.9 Å². The van der Waals surface area contributed by atoms with Gasteiger partial charge in [-0.05, 0) is 26.1 Å². The molecule has 1 atom stereocenters. The number of anilines is 1. The molecule has 0 spiro atoms. The first kappa shape index (κ1) is 23.5. The summed E-state index contributed by atoms with van der Waals surface area (Å²) in [6.45, 7) is 11.7. The van der Waals surface area contributed by atoms with Crippen LogP contribution in [-0.2, 0) is 0 Å². The number of halogens is 2. The van der Waals surface area contributed by atoms with Gasteiger partial charge in [-0.1, -0.05) is 23.7 Å². The molecular weight excluding hydrogens is 487 g/mol. The summed E-state index contributed by atoms with van der Waals surface area (Å²) in [6, 6.07) is 8.61. The number of nitrogens with zero attached hydrogens (tertiary/aromatic N) is 5. The minimum Gasteiger partial charge on any atom is -0.367 e. The molecule has 0 bridgehead atoms. The Morgan fingerprint density at radius 2 is 1.71 bits per heavy atom. The van der Waals surface area contributed by atoms with E-state index >= 15 is 0 Å². The smallest absolute Gasteiger partial charge is 0.193 e. The molecule has 2 fully saturated rings. The van der Waals surface area contributed by atoms with Gasteiger partial charge in [0, 0.05) is 72.0 Å². The van der Waals surface area contributed by atoms with E-state index in [2.05, 4.69) is 49.9 Å². The highest BCUT2D eigenvalue weighted by Crippen LogP contribution is 2.26. The maximum Gasteiger partial charge on any atom is 0.193 e. The molecule has 2 aliphatic heterocycles. The Hall–Kier alpha value is -0.770. The predicted octanol–water partition coefficient (Wildman–Crippen LogP) is 2.29. The van der Waals surface area contributed by atoms with E-state index in [-0.39, 0.29) is 24.0 Å². The van der Waals surface area contributed by atoms with Crippen LogP contribution >= 0.6 is 35.6 Å². The van der Waals surface area contributed by atoms with Gasteiger partial charge >= 0.3 is 0 Å². The second kappa shape index (κ2) is 11.4. The van der Waals surface area contributed by atoms with Gasteiger partial charge in [-0.25, -0.2) is 0 Å². The molecule has 0 amide bonds. The summed E-state index contributed by atoms with van der Waals surface area (Å²) in [4.78, 5) is 14.2. The molecule has 0 saturated carbocycles. The number of para-hydroxylation sites is 1. The fourth-order valence-electron chi connectivity index (χ4n) is 3.83. The van der Waals surface area contributed by atoms with Crippen LogP contribution in [0.5, 0.6) is 0 Å². The van der Waals surface area contributed by atoms with E-state index in [4.69, 9.17) is 11.6 Å². The predicted molar refractivity (Wildman–Crippen MR) is 131 cm³/mol. The monoisotopic (exact) mass is 520 g/mol. The van der Waals surface area contributed by atoms with E-state index in [0.717, 1.165) is 75.6 Å². The lowest BCUT2D eigenvalue weighted by molar-refractivity contribution is 0.119. The van der Waals surface area contributed by atoms with Crippen LogP contribution in [0, 0.1) is 0 Å². The van der Waals surface area contributed by atoms with E-state index in [1.54, 1.807) is 0 Å². The molecule has 0 aliphatic carbocycles. The Morgan fingerprint density at radius 1 is 1.07 bits per heavy atom. The van der Waals surface area contributed by atoms with E-state index in [9.17, 15) is 0 Å². The SMILES string of the molecule is CN=C(NCC(C)N1CCN(C)CC1)N1CCN(c2ccccc2Cl)CC1.I. The Labute approximate surface area is 191 Å². The fraction of sp³-hybridized carbons (Fsp3) is 0.650. The van der Waals surface area contributed by atoms with E-state index in [1.807, 2.05) is 25.2 Å². The minimum atomic E-state index is 0. The molecule has 28 heavy (non-hydrogen) atoms. The second-order valence-electron chi connectivity index (χ2n) is 7.54. The average Bonchev–Trinajstić information content (AvgIpc) is 2.70. The number of piperazine rings is 2. The molecule has 2 heterocycles. The second-order valence-corrected chi connectivity index (χ2v) is 7.95. The highest BCUT2D eigenvalue weighted by Gasteiger charge is 2.23. The van der Waals surface area contributed by atoms with Crippen molar-refractivity contribution in [1.29, 1.82) is 0 Å². The number of guanidine groups is 1. The van der Waals surface area contributed by atoms with Crippen molar-refractivity contribution in [1.82, 2.24) is 20.0 Å². The van der Waals surface area contributed by atoms with Crippen LogP contribution in [0.25, 0.3) is 0 Å². The van der Waals surface area contributed by atoms with Gasteiger partial charge in [0.1, 0.15) is 0 Å². The van der Waals surface area contributed by atoms with Crippen molar-refractivity contribution in [3.8, 4) is 0 Å². The number of benzene rings is 1. The highest BCUT2D eigenvalue weighted by atomic mass is 127. The summed E-state index contributed by atoms with van der Waals surface area (Å²) in [5.41, 5.74) is 1.13. The molecule has 1 aromatic rings. The number of hydrogen-bond donors (Lipinski definition) is 1. The first-order chi connectivity index (χ1) is 13.1. The zero-order valence-corrected chi connectivity index (χ0v) is 20.4. The van der Waals surface area contributed by atoms with Gasteiger partial charge in [0.05, 0.1) is 10.7 Å². The van der Waals surface area contributed by atoms with Crippen LogP contribution in [0.4, 0.5) is 5.69 Å². The molecule has 1 aromatic carbocycles. The third-order valence-electron chi connectivity index (χ3n) is 5.70. The van der Waals surface area contributed by atoms with Gasteiger partial charge in [-0.2, -0.15) is 0 Å². The Balaban J connectivity index is 0.00000280. The lowest BCUT2D eigenvalue weighted by atomic mass is 10.2.